The maximum Gasteiger partial charge on any atom is 0.255 e. The number of H-pyrrole nitrogens is 1. The van der Waals surface area contributed by atoms with Crippen molar-refractivity contribution in [2.24, 2.45) is 0 Å². The van der Waals surface area contributed by atoms with E-state index < -0.39 is 0 Å². The lowest BCUT2D eigenvalue weighted by Gasteiger charge is -2.17. The van der Waals surface area contributed by atoms with Crippen molar-refractivity contribution in [1.82, 2.24) is 15.5 Å². The number of carbonyl (C=O) groups is 1. The first-order valence-electron chi connectivity index (χ1n) is 5.77. The molecule has 92 valence electrons. The molecule has 1 saturated carbocycles. The third kappa shape index (κ3) is 1.99. The minimum Gasteiger partial charge on any atom is -0.342 e. The van der Waals surface area contributed by atoms with Crippen LogP contribution in [-0.4, -0.2) is 16.1 Å². The Morgan fingerprint density at radius 2 is 2.28 bits per heavy atom. The number of nitrogens with zero attached hydrogens (tertiary/aromatic N) is 1. The van der Waals surface area contributed by atoms with Crippen molar-refractivity contribution in [3.63, 3.8) is 0 Å². The molecular weight excluding hydrogens is 250 g/mol. The summed E-state index contributed by atoms with van der Waals surface area (Å²) >= 11 is 5.99. The van der Waals surface area contributed by atoms with Gasteiger partial charge in [0.15, 0.2) is 0 Å². The molecule has 0 bridgehead atoms. The number of benzene rings is 1. The molecule has 5 heteroatoms. The van der Waals surface area contributed by atoms with Crippen molar-refractivity contribution in [2.45, 2.75) is 18.4 Å². The van der Waals surface area contributed by atoms with Crippen molar-refractivity contribution in [2.75, 3.05) is 0 Å². The number of aromatic nitrogens is 2. The molecule has 1 aromatic carbocycles. The fraction of sp³-hybridized carbons (Fsp3) is 0.231. The van der Waals surface area contributed by atoms with Crippen LogP contribution in [0.15, 0.2) is 36.7 Å². The normalized spacial score (nSPS) is 16.3. The van der Waals surface area contributed by atoms with E-state index in [-0.39, 0.29) is 11.4 Å². The summed E-state index contributed by atoms with van der Waals surface area (Å²) in [6, 6.07) is 7.64. The maximum absolute atomic E-state index is 12.0. The zero-order valence-electron chi connectivity index (χ0n) is 9.61. The Hall–Kier alpha value is -1.81. The van der Waals surface area contributed by atoms with Gasteiger partial charge in [-0.2, -0.15) is 5.10 Å². The van der Waals surface area contributed by atoms with Gasteiger partial charge in [-0.15, -0.1) is 0 Å². The van der Waals surface area contributed by atoms with Gasteiger partial charge < -0.3 is 5.32 Å². The Balaban J connectivity index is 1.82. The Kier molecular flexibility index (Phi) is 2.59. The molecule has 1 aliphatic rings. The molecule has 1 amide bonds. The van der Waals surface area contributed by atoms with Gasteiger partial charge in [-0.05, 0) is 30.5 Å². The third-order valence-electron chi connectivity index (χ3n) is 3.24. The summed E-state index contributed by atoms with van der Waals surface area (Å²) in [7, 11) is 0. The largest absolute Gasteiger partial charge is 0.342 e. The summed E-state index contributed by atoms with van der Waals surface area (Å²) in [4.78, 5) is 12.0. The predicted octanol–water partition coefficient (Wildman–Crippen LogP) is 2.48. The summed E-state index contributed by atoms with van der Waals surface area (Å²) in [5.74, 6) is -0.110. The molecule has 1 heterocycles. The summed E-state index contributed by atoms with van der Waals surface area (Å²) in [5.41, 5.74) is 1.36. The van der Waals surface area contributed by atoms with Crippen LogP contribution in [0.5, 0.6) is 0 Å². The molecule has 0 unspecified atom stereocenters. The number of hydrogen-bond acceptors (Lipinski definition) is 2. The summed E-state index contributed by atoms with van der Waals surface area (Å²) in [5, 5.41) is 10.2. The first-order valence-corrected chi connectivity index (χ1v) is 6.15. The number of rotatable bonds is 3. The molecule has 1 fully saturated rings. The van der Waals surface area contributed by atoms with Gasteiger partial charge in [0.1, 0.15) is 0 Å². The second kappa shape index (κ2) is 4.14. The summed E-state index contributed by atoms with van der Waals surface area (Å²) in [6.45, 7) is 0. The molecule has 2 N–H and O–H groups in total. The quantitative estimate of drug-likeness (QED) is 0.892. The van der Waals surface area contributed by atoms with E-state index >= 15 is 0 Å². The SMILES string of the molecule is O=C(NC1(c2cccc(Cl)c2)CC1)c1cn[nH]c1. The molecule has 2 aromatic rings. The van der Waals surface area contributed by atoms with Gasteiger partial charge in [-0.3, -0.25) is 9.89 Å². The van der Waals surface area contributed by atoms with Crippen LogP contribution in [0.25, 0.3) is 0 Å². The monoisotopic (exact) mass is 261 g/mol. The minimum absolute atomic E-state index is 0.110. The van der Waals surface area contributed by atoms with Crippen LogP contribution in [0.4, 0.5) is 0 Å². The van der Waals surface area contributed by atoms with Crippen LogP contribution in [0.1, 0.15) is 28.8 Å². The fourth-order valence-electron chi connectivity index (χ4n) is 2.06. The van der Waals surface area contributed by atoms with E-state index in [0.29, 0.717) is 10.6 Å². The van der Waals surface area contributed by atoms with E-state index in [9.17, 15) is 4.79 Å². The van der Waals surface area contributed by atoms with Gasteiger partial charge in [-0.1, -0.05) is 23.7 Å². The van der Waals surface area contributed by atoms with Crippen LogP contribution in [0, 0.1) is 0 Å². The first kappa shape index (κ1) is 11.3. The fourth-order valence-corrected chi connectivity index (χ4v) is 2.25. The average Bonchev–Trinajstić information content (AvgIpc) is 2.93. The van der Waals surface area contributed by atoms with Crippen LogP contribution in [0.3, 0.4) is 0 Å². The highest BCUT2D eigenvalue weighted by atomic mass is 35.5. The Bertz CT molecular complexity index is 576. The van der Waals surface area contributed by atoms with E-state index in [1.807, 2.05) is 24.3 Å². The molecule has 0 atom stereocenters. The van der Waals surface area contributed by atoms with Crippen molar-refractivity contribution in [1.29, 1.82) is 0 Å². The number of halogens is 1. The van der Waals surface area contributed by atoms with E-state index in [0.717, 1.165) is 18.4 Å². The first-order chi connectivity index (χ1) is 8.70. The molecule has 0 radical (unpaired) electrons. The Morgan fingerprint density at radius 3 is 2.89 bits per heavy atom. The number of hydrogen-bond donors (Lipinski definition) is 2. The van der Waals surface area contributed by atoms with Crippen LogP contribution >= 0.6 is 11.6 Å². The van der Waals surface area contributed by atoms with Gasteiger partial charge in [0.2, 0.25) is 0 Å². The highest BCUT2D eigenvalue weighted by Crippen LogP contribution is 2.46. The molecule has 0 spiro atoms. The van der Waals surface area contributed by atoms with Gasteiger partial charge >= 0.3 is 0 Å². The maximum atomic E-state index is 12.0. The van der Waals surface area contributed by atoms with Crippen LogP contribution in [-0.2, 0) is 5.54 Å². The van der Waals surface area contributed by atoms with Gasteiger partial charge in [0, 0.05) is 11.2 Å². The van der Waals surface area contributed by atoms with Crippen molar-refractivity contribution >= 4 is 17.5 Å². The van der Waals surface area contributed by atoms with Gasteiger partial charge in [0.25, 0.3) is 5.91 Å². The lowest BCUT2D eigenvalue weighted by Crippen LogP contribution is -2.34. The topological polar surface area (TPSA) is 57.8 Å². The summed E-state index contributed by atoms with van der Waals surface area (Å²) in [6.07, 6.45) is 4.99. The highest BCUT2D eigenvalue weighted by molar-refractivity contribution is 6.30. The second-order valence-corrected chi connectivity index (χ2v) is 4.97. The van der Waals surface area contributed by atoms with E-state index in [1.165, 1.54) is 6.20 Å². The number of amides is 1. The Morgan fingerprint density at radius 1 is 1.44 bits per heavy atom. The molecule has 0 aliphatic heterocycles. The van der Waals surface area contributed by atoms with Gasteiger partial charge in [-0.25, -0.2) is 0 Å². The number of aromatic amines is 1. The zero-order valence-corrected chi connectivity index (χ0v) is 10.4. The predicted molar refractivity (Wildman–Crippen MR) is 68.4 cm³/mol. The highest BCUT2D eigenvalue weighted by Gasteiger charge is 2.45. The Labute approximate surface area is 109 Å². The lowest BCUT2D eigenvalue weighted by molar-refractivity contribution is 0.0931. The molecular formula is C13H12ClN3O. The van der Waals surface area contributed by atoms with Gasteiger partial charge in [0.05, 0.1) is 17.3 Å². The van der Waals surface area contributed by atoms with Crippen LogP contribution < -0.4 is 5.32 Å². The van der Waals surface area contributed by atoms with E-state index in [2.05, 4.69) is 15.5 Å². The molecule has 3 rings (SSSR count). The molecule has 0 saturated heterocycles. The third-order valence-corrected chi connectivity index (χ3v) is 3.48. The van der Waals surface area contributed by atoms with Crippen molar-refractivity contribution < 1.29 is 4.79 Å². The van der Waals surface area contributed by atoms with Crippen molar-refractivity contribution in [3.05, 3.63) is 52.8 Å². The van der Waals surface area contributed by atoms with E-state index in [4.69, 9.17) is 11.6 Å². The number of carbonyl (C=O) groups excluding carboxylic acids is 1. The summed E-state index contributed by atoms with van der Waals surface area (Å²) < 4.78 is 0. The standard InChI is InChI=1S/C13H12ClN3O/c14-11-3-1-2-10(6-11)13(4-5-13)17-12(18)9-7-15-16-8-9/h1-3,6-8H,4-5H2,(H,15,16)(H,17,18). The van der Waals surface area contributed by atoms with Crippen LogP contribution in [0.2, 0.25) is 5.02 Å². The van der Waals surface area contributed by atoms with E-state index in [1.54, 1.807) is 6.20 Å². The second-order valence-electron chi connectivity index (χ2n) is 4.53. The lowest BCUT2D eigenvalue weighted by atomic mass is 10.0. The number of nitrogens with one attached hydrogen (secondary N) is 2. The smallest absolute Gasteiger partial charge is 0.255 e. The zero-order chi connectivity index (χ0) is 12.6. The molecule has 1 aliphatic carbocycles. The minimum atomic E-state index is -0.251. The molecule has 1 aromatic heterocycles. The van der Waals surface area contributed by atoms with Crippen molar-refractivity contribution in [3.8, 4) is 0 Å². The molecule has 18 heavy (non-hydrogen) atoms. The molecule has 4 nitrogen and oxygen atoms in total. The average molecular weight is 262 g/mol.